The molecular formula is C28H36N4O9. The number of carbonyl (C=O) groups excluding carboxylic acids is 4. The van der Waals surface area contributed by atoms with Crippen LogP contribution in [0.15, 0.2) is 23.0 Å². The molecule has 0 aromatic heterocycles. The Morgan fingerprint density at radius 1 is 1.12 bits per heavy atom. The van der Waals surface area contributed by atoms with Crippen LogP contribution in [0.25, 0.3) is 5.76 Å². The number of nitrogens with zero attached hydrogens (tertiary/aromatic N) is 2. The van der Waals surface area contributed by atoms with Gasteiger partial charge < -0.3 is 35.8 Å². The molecule has 2 amide bonds. The standard InChI is InChI=1S/C28H36N4O9/c1-27(2,3)41-26(39)30-14-10-15(31(4)5)12-8-11-9-13-19(32(6)7)22(35)18(25(29)38)24(37)28(13,40)23(36)16(11)21(34)17(12)20(14)33/h10-11,13,19,33-34,37,40H,8-9H2,1-7H3,(H2,29,38)(H,30,39)/t11?,13?,19-,28-/m0/s1. The van der Waals surface area contributed by atoms with Crippen LogP contribution < -0.4 is 16.0 Å². The first-order valence-electron chi connectivity index (χ1n) is 13.0. The zero-order chi connectivity index (χ0) is 30.9. The number of ether oxygens (including phenoxy) is 1. The molecule has 0 heterocycles. The van der Waals surface area contributed by atoms with Gasteiger partial charge in [0.15, 0.2) is 17.1 Å². The van der Waals surface area contributed by atoms with Crippen LogP contribution in [-0.2, 0) is 25.5 Å². The quantitative estimate of drug-likeness (QED) is 0.225. The van der Waals surface area contributed by atoms with Gasteiger partial charge in [-0.3, -0.25) is 24.6 Å². The number of Topliss-reactive ketones (excluding diaryl/α,β-unsaturated/α-hetero) is 2. The molecular weight excluding hydrogens is 536 g/mol. The fourth-order valence-corrected chi connectivity index (χ4v) is 6.20. The Morgan fingerprint density at radius 3 is 2.24 bits per heavy atom. The van der Waals surface area contributed by atoms with Gasteiger partial charge in [-0.2, -0.15) is 0 Å². The number of amides is 2. The van der Waals surface area contributed by atoms with Crippen LogP contribution in [0.1, 0.15) is 38.3 Å². The van der Waals surface area contributed by atoms with Gasteiger partial charge >= 0.3 is 6.09 Å². The maximum atomic E-state index is 14.0. The molecule has 1 aromatic rings. The molecule has 0 saturated heterocycles. The van der Waals surface area contributed by atoms with Crippen molar-refractivity contribution in [3.8, 4) is 5.75 Å². The van der Waals surface area contributed by atoms with Crippen molar-refractivity contribution in [2.75, 3.05) is 38.4 Å². The number of phenols is 1. The Balaban J connectivity index is 1.93. The topological polar surface area (TPSA) is 203 Å². The molecule has 13 nitrogen and oxygen atoms in total. The number of aromatic hydroxyl groups is 1. The first kappa shape index (κ1) is 29.9. The highest BCUT2D eigenvalue weighted by Gasteiger charge is 2.64. The van der Waals surface area contributed by atoms with Gasteiger partial charge in [0.1, 0.15) is 22.7 Å². The fourth-order valence-electron chi connectivity index (χ4n) is 6.20. The van der Waals surface area contributed by atoms with Crippen molar-refractivity contribution in [3.63, 3.8) is 0 Å². The van der Waals surface area contributed by atoms with E-state index in [0.717, 1.165) is 0 Å². The Kier molecular flexibility index (Phi) is 7.12. The number of benzene rings is 1. The summed E-state index contributed by atoms with van der Waals surface area (Å²) < 4.78 is 5.28. The van der Waals surface area contributed by atoms with Gasteiger partial charge in [-0.05, 0) is 65.3 Å². The molecule has 0 bridgehead atoms. The number of hydrogen-bond donors (Lipinski definition) is 6. The highest BCUT2D eigenvalue weighted by molar-refractivity contribution is 6.24. The van der Waals surface area contributed by atoms with Gasteiger partial charge in [0.05, 0.1) is 17.3 Å². The number of rotatable bonds is 4. The second-order valence-electron chi connectivity index (χ2n) is 12.1. The van der Waals surface area contributed by atoms with Crippen molar-refractivity contribution >= 4 is 40.7 Å². The number of aliphatic hydroxyl groups excluding tert-OH is 2. The third kappa shape index (κ3) is 4.58. The number of phenolic OH excluding ortho intramolecular Hbond substituents is 1. The monoisotopic (exact) mass is 572 g/mol. The average molecular weight is 573 g/mol. The summed E-state index contributed by atoms with van der Waals surface area (Å²) in [5.41, 5.74) is 1.37. The zero-order valence-electron chi connectivity index (χ0n) is 24.0. The van der Waals surface area contributed by atoms with E-state index in [0.29, 0.717) is 11.3 Å². The van der Waals surface area contributed by atoms with E-state index >= 15 is 0 Å². The number of hydrogen-bond acceptors (Lipinski definition) is 11. The molecule has 13 heteroatoms. The number of fused-ring (bicyclic) bond motifs is 3. The van der Waals surface area contributed by atoms with E-state index in [2.05, 4.69) is 5.32 Å². The highest BCUT2D eigenvalue weighted by Crippen LogP contribution is 2.54. The largest absolute Gasteiger partial charge is 0.508 e. The van der Waals surface area contributed by atoms with Crippen LogP contribution in [-0.4, -0.2) is 94.3 Å². The first-order valence-corrected chi connectivity index (χ1v) is 13.0. The van der Waals surface area contributed by atoms with Crippen LogP contribution in [0.5, 0.6) is 5.75 Å². The summed E-state index contributed by atoms with van der Waals surface area (Å²) in [4.78, 5) is 55.0. The molecule has 3 aliphatic rings. The SMILES string of the molecule is CN(C)c1cc(NC(=O)OC(C)(C)C)c(O)c2c1CC1CC3[C@H](N(C)C)C(=O)C(C(N)=O)=C(O)[C@@]3(O)C(=O)C1=C2O. The summed E-state index contributed by atoms with van der Waals surface area (Å²) in [6.07, 6.45) is -0.778. The number of primary amides is 1. The van der Waals surface area contributed by atoms with Crippen molar-refractivity contribution in [2.24, 2.45) is 17.6 Å². The van der Waals surface area contributed by atoms with Gasteiger partial charge in [-0.1, -0.05) is 0 Å². The lowest BCUT2D eigenvalue weighted by atomic mass is 9.57. The Hall–Kier alpha value is -4.10. The summed E-state index contributed by atoms with van der Waals surface area (Å²) in [7, 11) is 6.52. The van der Waals surface area contributed by atoms with E-state index in [-0.39, 0.29) is 29.7 Å². The fraction of sp³-hybridized carbons (Fsp3) is 0.500. The summed E-state index contributed by atoms with van der Waals surface area (Å²) in [5, 5.41) is 47.9. The maximum Gasteiger partial charge on any atom is 0.412 e. The third-order valence-electron chi connectivity index (χ3n) is 7.81. The van der Waals surface area contributed by atoms with Crippen molar-refractivity contribution < 1.29 is 44.3 Å². The molecule has 3 aliphatic carbocycles. The van der Waals surface area contributed by atoms with Gasteiger partial charge in [0, 0.05) is 31.3 Å². The normalized spacial score (nSPS) is 25.9. The molecule has 41 heavy (non-hydrogen) atoms. The Morgan fingerprint density at radius 2 is 1.73 bits per heavy atom. The van der Waals surface area contributed by atoms with Crippen LogP contribution in [0.4, 0.5) is 16.2 Å². The van der Waals surface area contributed by atoms with E-state index in [4.69, 9.17) is 10.5 Å². The summed E-state index contributed by atoms with van der Waals surface area (Å²) >= 11 is 0. The summed E-state index contributed by atoms with van der Waals surface area (Å²) in [6, 6.07) is 0.340. The van der Waals surface area contributed by atoms with Gasteiger partial charge in [-0.25, -0.2) is 4.79 Å². The van der Waals surface area contributed by atoms with E-state index < -0.39 is 75.5 Å². The van der Waals surface area contributed by atoms with Crippen molar-refractivity contribution in [1.82, 2.24) is 4.90 Å². The molecule has 4 rings (SSSR count). The van der Waals surface area contributed by atoms with Gasteiger partial charge in [0.25, 0.3) is 5.91 Å². The number of ketones is 2. The number of aliphatic hydroxyl groups is 3. The molecule has 1 fully saturated rings. The summed E-state index contributed by atoms with van der Waals surface area (Å²) in [6.45, 7) is 5.00. The van der Waals surface area contributed by atoms with Crippen LogP contribution in [0.3, 0.4) is 0 Å². The lowest BCUT2D eigenvalue weighted by Crippen LogP contribution is -2.65. The van der Waals surface area contributed by atoms with Gasteiger partial charge in [0.2, 0.25) is 5.78 Å². The molecule has 1 aromatic carbocycles. The molecule has 222 valence electrons. The number of likely N-dealkylation sites (N-methyl/N-ethyl adjacent to an activating group) is 1. The number of nitrogens with two attached hydrogens (primary N) is 1. The first-order chi connectivity index (χ1) is 18.8. The minimum absolute atomic E-state index is 0.0305. The van der Waals surface area contributed by atoms with Crippen molar-refractivity contribution in [3.05, 3.63) is 34.1 Å². The van der Waals surface area contributed by atoms with Crippen LogP contribution in [0.2, 0.25) is 0 Å². The molecule has 2 unspecified atom stereocenters. The smallest absolute Gasteiger partial charge is 0.412 e. The average Bonchev–Trinajstić information content (AvgIpc) is 2.81. The number of anilines is 2. The molecule has 7 N–H and O–H groups in total. The number of nitrogens with one attached hydrogen (secondary N) is 1. The van der Waals surface area contributed by atoms with Crippen LogP contribution >= 0.6 is 0 Å². The second-order valence-corrected chi connectivity index (χ2v) is 12.1. The molecule has 1 saturated carbocycles. The number of carbonyl (C=O) groups is 4. The predicted molar refractivity (Wildman–Crippen MR) is 148 cm³/mol. The van der Waals surface area contributed by atoms with Crippen molar-refractivity contribution in [1.29, 1.82) is 0 Å². The van der Waals surface area contributed by atoms with Gasteiger partial charge in [-0.15, -0.1) is 0 Å². The molecule has 0 spiro atoms. The van der Waals surface area contributed by atoms with Crippen LogP contribution in [0, 0.1) is 11.8 Å². The molecule has 0 radical (unpaired) electrons. The third-order valence-corrected chi connectivity index (χ3v) is 7.81. The lowest BCUT2D eigenvalue weighted by molar-refractivity contribution is -0.153. The Bertz CT molecular complexity index is 1440. The minimum atomic E-state index is -2.74. The molecule has 0 aliphatic heterocycles. The highest BCUT2D eigenvalue weighted by atomic mass is 16.6. The summed E-state index contributed by atoms with van der Waals surface area (Å²) in [5.74, 6) is -7.49. The zero-order valence-corrected chi connectivity index (χ0v) is 24.0. The lowest BCUT2D eigenvalue weighted by Gasteiger charge is -2.50. The van der Waals surface area contributed by atoms with Crippen molar-refractivity contribution in [2.45, 2.75) is 50.9 Å². The second kappa shape index (κ2) is 9.77. The Labute approximate surface area is 236 Å². The van der Waals surface area contributed by atoms with E-state index in [1.165, 1.54) is 25.1 Å². The maximum absolute atomic E-state index is 14.0. The van der Waals surface area contributed by atoms with E-state index in [9.17, 15) is 39.6 Å². The van der Waals surface area contributed by atoms with E-state index in [1.54, 1.807) is 39.8 Å². The minimum Gasteiger partial charge on any atom is -0.508 e. The molecule has 4 atom stereocenters. The predicted octanol–water partition coefficient (Wildman–Crippen LogP) is 1.38. The van der Waals surface area contributed by atoms with E-state index in [1.807, 2.05) is 0 Å².